The molecule has 1 aliphatic rings. The lowest BCUT2D eigenvalue weighted by atomic mass is 9.90. The molecule has 1 aromatic heterocycles. The number of nitrogens with zero attached hydrogens (tertiary/aromatic N) is 2. The van der Waals surface area contributed by atoms with E-state index in [-0.39, 0.29) is 5.41 Å². The first-order chi connectivity index (χ1) is 7.03. The maximum atomic E-state index is 4.52. The van der Waals surface area contributed by atoms with Gasteiger partial charge in [0.2, 0.25) is 5.95 Å². The lowest BCUT2D eigenvalue weighted by Gasteiger charge is -2.17. The van der Waals surface area contributed by atoms with E-state index in [9.17, 15) is 0 Å². The Kier molecular flexibility index (Phi) is 2.63. The molecule has 0 radical (unpaired) electrons. The molecule has 82 valence electrons. The van der Waals surface area contributed by atoms with E-state index in [2.05, 4.69) is 36.1 Å². The topological polar surface area (TPSA) is 37.8 Å². The van der Waals surface area contributed by atoms with Gasteiger partial charge in [0.15, 0.2) is 0 Å². The Hall–Kier alpha value is -1.12. The Morgan fingerprint density at radius 1 is 1.40 bits per heavy atom. The molecule has 0 bridgehead atoms. The van der Waals surface area contributed by atoms with Crippen LogP contribution in [0.15, 0.2) is 12.3 Å². The minimum atomic E-state index is 0.283. The van der Waals surface area contributed by atoms with Crippen molar-refractivity contribution in [3.63, 3.8) is 0 Å². The van der Waals surface area contributed by atoms with Crippen molar-refractivity contribution in [3.05, 3.63) is 18.0 Å². The van der Waals surface area contributed by atoms with Crippen molar-refractivity contribution >= 4 is 5.95 Å². The minimum absolute atomic E-state index is 0.283. The molecule has 0 amide bonds. The highest BCUT2D eigenvalue weighted by atomic mass is 15.1. The van der Waals surface area contributed by atoms with Gasteiger partial charge in [-0.05, 0) is 30.7 Å². The maximum absolute atomic E-state index is 4.52. The van der Waals surface area contributed by atoms with Gasteiger partial charge >= 0.3 is 0 Å². The Labute approximate surface area is 91.3 Å². The number of hydrogen-bond donors (Lipinski definition) is 1. The molecular formula is C12H19N3. The molecular weight excluding hydrogens is 186 g/mol. The van der Waals surface area contributed by atoms with E-state index in [0.29, 0.717) is 6.04 Å². The highest BCUT2D eigenvalue weighted by Crippen LogP contribution is 2.24. The zero-order valence-electron chi connectivity index (χ0n) is 9.75. The first-order valence-electron chi connectivity index (χ1n) is 5.61. The number of nitrogens with one attached hydrogen (secondary N) is 1. The van der Waals surface area contributed by atoms with Crippen molar-refractivity contribution < 1.29 is 0 Å². The number of aromatic nitrogens is 2. The van der Waals surface area contributed by atoms with Crippen LogP contribution < -0.4 is 5.32 Å². The Bertz CT molecular complexity index is 337. The normalized spacial score (nSPS) is 16.5. The molecule has 1 aliphatic carbocycles. The van der Waals surface area contributed by atoms with Gasteiger partial charge in [-0.15, -0.1) is 0 Å². The fourth-order valence-electron chi connectivity index (χ4n) is 1.52. The van der Waals surface area contributed by atoms with Gasteiger partial charge < -0.3 is 5.32 Å². The average Bonchev–Trinajstić information content (AvgIpc) is 2.85. The quantitative estimate of drug-likeness (QED) is 0.824. The van der Waals surface area contributed by atoms with Crippen LogP contribution in [0.4, 0.5) is 5.95 Å². The molecule has 3 heteroatoms. The van der Waals surface area contributed by atoms with E-state index in [0.717, 1.165) is 18.1 Å². The van der Waals surface area contributed by atoms with Gasteiger partial charge in [0.05, 0.1) is 0 Å². The molecule has 2 rings (SSSR count). The SMILES string of the molecule is CC(C)(C)Cc1ccnc(NC2CC2)n1. The predicted octanol–water partition coefficient (Wildman–Crippen LogP) is 2.64. The third kappa shape index (κ3) is 3.50. The first kappa shape index (κ1) is 10.4. The summed E-state index contributed by atoms with van der Waals surface area (Å²) in [6.45, 7) is 6.68. The van der Waals surface area contributed by atoms with Crippen LogP contribution in [-0.4, -0.2) is 16.0 Å². The summed E-state index contributed by atoms with van der Waals surface area (Å²) in [4.78, 5) is 8.74. The van der Waals surface area contributed by atoms with Crippen LogP contribution in [0.5, 0.6) is 0 Å². The first-order valence-corrected chi connectivity index (χ1v) is 5.61. The Morgan fingerprint density at radius 3 is 2.73 bits per heavy atom. The number of rotatable bonds is 3. The van der Waals surface area contributed by atoms with E-state index in [1.165, 1.54) is 12.8 Å². The zero-order valence-corrected chi connectivity index (χ0v) is 9.75. The van der Waals surface area contributed by atoms with Crippen molar-refractivity contribution in [3.8, 4) is 0 Å². The monoisotopic (exact) mass is 205 g/mol. The Balaban J connectivity index is 2.04. The van der Waals surface area contributed by atoms with E-state index in [1.807, 2.05) is 12.3 Å². The van der Waals surface area contributed by atoms with Gasteiger partial charge in [0.1, 0.15) is 0 Å². The standard InChI is InChI=1S/C12H19N3/c1-12(2,3)8-10-6-7-13-11(15-10)14-9-4-5-9/h6-7,9H,4-5,8H2,1-3H3,(H,13,14,15). The van der Waals surface area contributed by atoms with Gasteiger partial charge in [-0.3, -0.25) is 0 Å². The third-order valence-corrected chi connectivity index (χ3v) is 2.34. The second-order valence-electron chi connectivity index (χ2n) is 5.53. The molecule has 1 N–H and O–H groups in total. The summed E-state index contributed by atoms with van der Waals surface area (Å²) >= 11 is 0. The van der Waals surface area contributed by atoms with Crippen molar-refractivity contribution in [1.82, 2.24) is 9.97 Å². The van der Waals surface area contributed by atoms with E-state index < -0.39 is 0 Å². The minimum Gasteiger partial charge on any atom is -0.351 e. The van der Waals surface area contributed by atoms with Crippen molar-refractivity contribution in [1.29, 1.82) is 0 Å². The molecule has 0 atom stereocenters. The average molecular weight is 205 g/mol. The largest absolute Gasteiger partial charge is 0.351 e. The molecule has 1 aromatic rings. The molecule has 3 nitrogen and oxygen atoms in total. The lowest BCUT2D eigenvalue weighted by molar-refractivity contribution is 0.406. The summed E-state index contributed by atoms with van der Waals surface area (Å²) in [6.07, 6.45) is 5.35. The number of anilines is 1. The summed E-state index contributed by atoms with van der Waals surface area (Å²) in [5.74, 6) is 0.791. The molecule has 1 fully saturated rings. The molecule has 1 saturated carbocycles. The molecule has 0 aromatic carbocycles. The van der Waals surface area contributed by atoms with Crippen molar-refractivity contribution in [2.75, 3.05) is 5.32 Å². The maximum Gasteiger partial charge on any atom is 0.223 e. The molecule has 0 spiro atoms. The summed E-state index contributed by atoms with van der Waals surface area (Å²) in [5, 5.41) is 3.32. The van der Waals surface area contributed by atoms with Crippen LogP contribution in [0.1, 0.15) is 39.3 Å². The zero-order chi connectivity index (χ0) is 10.9. The fraction of sp³-hybridized carbons (Fsp3) is 0.667. The smallest absolute Gasteiger partial charge is 0.223 e. The second kappa shape index (κ2) is 3.80. The summed E-state index contributed by atoms with van der Waals surface area (Å²) in [7, 11) is 0. The van der Waals surface area contributed by atoms with Crippen LogP contribution in [0.25, 0.3) is 0 Å². The summed E-state index contributed by atoms with van der Waals surface area (Å²) in [6, 6.07) is 2.62. The van der Waals surface area contributed by atoms with Gasteiger partial charge in [0.25, 0.3) is 0 Å². The molecule has 0 aliphatic heterocycles. The van der Waals surface area contributed by atoms with Crippen molar-refractivity contribution in [2.45, 2.75) is 46.1 Å². The summed E-state index contributed by atoms with van der Waals surface area (Å²) < 4.78 is 0. The lowest BCUT2D eigenvalue weighted by Crippen LogP contribution is -2.12. The van der Waals surface area contributed by atoms with Crippen LogP contribution in [0, 0.1) is 5.41 Å². The predicted molar refractivity (Wildman–Crippen MR) is 61.8 cm³/mol. The molecule has 0 saturated heterocycles. The van der Waals surface area contributed by atoms with Crippen LogP contribution in [0.3, 0.4) is 0 Å². The third-order valence-electron chi connectivity index (χ3n) is 2.34. The van der Waals surface area contributed by atoms with E-state index in [1.54, 1.807) is 0 Å². The van der Waals surface area contributed by atoms with E-state index >= 15 is 0 Å². The van der Waals surface area contributed by atoms with Gasteiger partial charge in [-0.2, -0.15) is 0 Å². The van der Waals surface area contributed by atoms with Crippen LogP contribution in [0.2, 0.25) is 0 Å². The highest BCUT2D eigenvalue weighted by molar-refractivity contribution is 5.29. The molecule has 15 heavy (non-hydrogen) atoms. The molecule has 0 unspecified atom stereocenters. The van der Waals surface area contributed by atoms with Crippen LogP contribution in [-0.2, 0) is 6.42 Å². The second-order valence-corrected chi connectivity index (χ2v) is 5.53. The number of hydrogen-bond acceptors (Lipinski definition) is 3. The molecule has 1 heterocycles. The van der Waals surface area contributed by atoms with Crippen LogP contribution >= 0.6 is 0 Å². The van der Waals surface area contributed by atoms with Gasteiger partial charge in [-0.1, -0.05) is 20.8 Å². The van der Waals surface area contributed by atoms with Gasteiger partial charge in [0, 0.05) is 17.9 Å². The van der Waals surface area contributed by atoms with Gasteiger partial charge in [-0.25, -0.2) is 9.97 Å². The van der Waals surface area contributed by atoms with E-state index in [4.69, 9.17) is 0 Å². The fourth-order valence-corrected chi connectivity index (χ4v) is 1.52. The Morgan fingerprint density at radius 2 is 2.13 bits per heavy atom. The van der Waals surface area contributed by atoms with Crippen molar-refractivity contribution in [2.24, 2.45) is 5.41 Å². The summed E-state index contributed by atoms with van der Waals surface area (Å²) in [5.41, 5.74) is 1.41. The highest BCUT2D eigenvalue weighted by Gasteiger charge is 2.22.